The number of nitrogens with one attached hydrogen (secondary N) is 1. The Bertz CT molecular complexity index is 750. The molecular weight excluding hydrogens is 435 g/mol. The summed E-state index contributed by atoms with van der Waals surface area (Å²) < 4.78 is 26.6. The van der Waals surface area contributed by atoms with Crippen LogP contribution in [0.15, 0.2) is 24.3 Å². The maximum absolute atomic E-state index is 12.6. The van der Waals surface area contributed by atoms with Crippen LogP contribution in [-0.2, 0) is 14.8 Å². The minimum atomic E-state index is -3.62. The van der Waals surface area contributed by atoms with Gasteiger partial charge in [0, 0.05) is 44.0 Å². The summed E-state index contributed by atoms with van der Waals surface area (Å²) in [6, 6.07) is 8.17. The Labute approximate surface area is 187 Å². The van der Waals surface area contributed by atoms with Crippen LogP contribution >= 0.6 is 24.8 Å². The van der Waals surface area contributed by atoms with Crippen LogP contribution < -0.4 is 16.0 Å². The molecule has 0 spiro atoms. The normalized spacial score (nSPS) is 15.2. The number of nitrogens with zero attached hydrogens (tertiary/aromatic N) is 2. The highest BCUT2D eigenvalue weighted by atomic mass is 35.5. The number of anilines is 1. The fraction of sp³-hybridized carbons (Fsp3) is 0.632. The Balaban J connectivity index is 0.00000392. The van der Waals surface area contributed by atoms with Gasteiger partial charge in [0.05, 0.1) is 0 Å². The average molecular weight is 469 g/mol. The van der Waals surface area contributed by atoms with Crippen molar-refractivity contribution in [3.63, 3.8) is 0 Å². The van der Waals surface area contributed by atoms with Crippen molar-refractivity contribution < 1.29 is 13.2 Å². The number of sulfonamides is 1. The average Bonchev–Trinajstić information content (AvgIpc) is 2.66. The summed E-state index contributed by atoms with van der Waals surface area (Å²) in [7, 11) is -3.62. The standard InChI is InChI=1S/C19H32N4O3S.2ClH/c1-4-19(20,5-2)15-21-18(24)14-27(25,26)23-11-9-22(10-12-23)17-8-6-7-16(3)13-17;;/h6-8,13H,4-5,9-12,14-15,20H2,1-3H3,(H,21,24);2*1H. The molecule has 1 aliphatic rings. The van der Waals surface area contributed by atoms with Crippen molar-refractivity contribution in [2.75, 3.05) is 43.4 Å². The number of carbonyl (C=O) groups excluding carboxylic acids is 1. The molecule has 1 aliphatic heterocycles. The van der Waals surface area contributed by atoms with Crippen LogP contribution in [0, 0.1) is 6.92 Å². The minimum absolute atomic E-state index is 0. The van der Waals surface area contributed by atoms with E-state index in [-0.39, 0.29) is 31.4 Å². The molecule has 0 atom stereocenters. The molecule has 7 nitrogen and oxygen atoms in total. The first-order chi connectivity index (χ1) is 12.7. The van der Waals surface area contributed by atoms with Crippen LogP contribution in [0.2, 0.25) is 0 Å². The van der Waals surface area contributed by atoms with Crippen LogP contribution in [0.3, 0.4) is 0 Å². The molecule has 10 heteroatoms. The maximum Gasteiger partial charge on any atom is 0.236 e. The lowest BCUT2D eigenvalue weighted by Gasteiger charge is -2.35. The van der Waals surface area contributed by atoms with Crippen molar-refractivity contribution in [1.29, 1.82) is 0 Å². The number of carbonyl (C=O) groups is 1. The van der Waals surface area contributed by atoms with Crippen LogP contribution in [0.4, 0.5) is 5.69 Å². The zero-order valence-corrected chi connectivity index (χ0v) is 19.8. The zero-order valence-electron chi connectivity index (χ0n) is 17.4. The van der Waals surface area contributed by atoms with Crippen molar-refractivity contribution in [2.24, 2.45) is 5.73 Å². The van der Waals surface area contributed by atoms with Crippen molar-refractivity contribution >= 4 is 46.4 Å². The number of hydrogen-bond donors (Lipinski definition) is 2. The molecule has 29 heavy (non-hydrogen) atoms. The van der Waals surface area contributed by atoms with E-state index in [1.165, 1.54) is 9.87 Å². The van der Waals surface area contributed by atoms with Gasteiger partial charge in [-0.25, -0.2) is 8.42 Å². The van der Waals surface area contributed by atoms with Gasteiger partial charge in [0.15, 0.2) is 0 Å². The van der Waals surface area contributed by atoms with E-state index in [9.17, 15) is 13.2 Å². The van der Waals surface area contributed by atoms with E-state index < -0.39 is 27.2 Å². The van der Waals surface area contributed by atoms with E-state index in [1.54, 1.807) is 0 Å². The predicted octanol–water partition coefficient (Wildman–Crippen LogP) is 1.92. The van der Waals surface area contributed by atoms with E-state index in [2.05, 4.69) is 16.3 Å². The van der Waals surface area contributed by atoms with Crippen molar-refractivity contribution in [3.8, 4) is 0 Å². The van der Waals surface area contributed by atoms with Gasteiger partial charge in [-0.1, -0.05) is 26.0 Å². The van der Waals surface area contributed by atoms with Gasteiger partial charge in [-0.3, -0.25) is 4.79 Å². The third kappa shape index (κ3) is 7.94. The van der Waals surface area contributed by atoms with Gasteiger partial charge in [-0.05, 0) is 37.5 Å². The molecule has 1 amide bonds. The van der Waals surface area contributed by atoms with Gasteiger partial charge < -0.3 is 16.0 Å². The number of rotatable bonds is 8. The first kappa shape index (κ1) is 27.9. The Morgan fingerprint density at radius 2 is 1.72 bits per heavy atom. The molecule has 1 aromatic rings. The molecule has 0 radical (unpaired) electrons. The molecule has 1 saturated heterocycles. The molecule has 0 aromatic heterocycles. The molecule has 1 aromatic carbocycles. The zero-order chi connectivity index (χ0) is 20.1. The Morgan fingerprint density at radius 3 is 2.24 bits per heavy atom. The van der Waals surface area contributed by atoms with Crippen LogP contribution in [0.25, 0.3) is 0 Å². The van der Waals surface area contributed by atoms with Gasteiger partial charge in [0.25, 0.3) is 0 Å². The van der Waals surface area contributed by atoms with Crippen molar-refractivity contribution in [1.82, 2.24) is 9.62 Å². The number of benzene rings is 1. The number of nitrogens with two attached hydrogens (primary N) is 1. The van der Waals surface area contributed by atoms with Crippen LogP contribution in [0.5, 0.6) is 0 Å². The van der Waals surface area contributed by atoms with E-state index in [0.717, 1.165) is 18.5 Å². The summed E-state index contributed by atoms with van der Waals surface area (Å²) in [5.41, 5.74) is 7.94. The smallest absolute Gasteiger partial charge is 0.236 e. The van der Waals surface area contributed by atoms with Gasteiger partial charge in [0.2, 0.25) is 15.9 Å². The lowest BCUT2D eigenvalue weighted by Crippen LogP contribution is -2.53. The topological polar surface area (TPSA) is 95.7 Å². The second-order valence-corrected chi connectivity index (χ2v) is 9.30. The Morgan fingerprint density at radius 1 is 1.14 bits per heavy atom. The van der Waals surface area contributed by atoms with E-state index >= 15 is 0 Å². The molecular formula is C19H34Cl2N4O3S. The van der Waals surface area contributed by atoms with Crippen LogP contribution in [-0.4, -0.2) is 62.6 Å². The number of amides is 1. The minimum Gasteiger partial charge on any atom is -0.369 e. The van der Waals surface area contributed by atoms with E-state index in [4.69, 9.17) is 5.73 Å². The molecule has 3 N–H and O–H groups in total. The number of piperazine rings is 1. The molecule has 2 rings (SSSR count). The van der Waals surface area contributed by atoms with E-state index in [1.807, 2.05) is 39.0 Å². The third-order valence-corrected chi connectivity index (χ3v) is 7.14. The SMILES string of the molecule is CCC(N)(CC)CNC(=O)CS(=O)(=O)N1CCN(c2cccc(C)c2)CC1.Cl.Cl. The highest BCUT2D eigenvalue weighted by Crippen LogP contribution is 2.19. The molecule has 0 unspecified atom stereocenters. The van der Waals surface area contributed by atoms with Crippen molar-refractivity contribution in [3.05, 3.63) is 29.8 Å². The third-order valence-electron chi connectivity index (χ3n) is 5.36. The Hall–Kier alpha value is -1.06. The number of hydrogen-bond acceptors (Lipinski definition) is 5. The lowest BCUT2D eigenvalue weighted by molar-refractivity contribution is -0.118. The fourth-order valence-electron chi connectivity index (χ4n) is 3.13. The highest BCUT2D eigenvalue weighted by molar-refractivity contribution is 7.89. The summed E-state index contributed by atoms with van der Waals surface area (Å²) in [6.45, 7) is 8.23. The summed E-state index contributed by atoms with van der Waals surface area (Å²) in [5.74, 6) is -1.02. The maximum atomic E-state index is 12.6. The van der Waals surface area contributed by atoms with Gasteiger partial charge in [-0.15, -0.1) is 24.8 Å². The summed E-state index contributed by atoms with van der Waals surface area (Å²) in [5, 5.41) is 2.68. The molecule has 168 valence electrons. The molecule has 1 heterocycles. The summed E-state index contributed by atoms with van der Waals surface area (Å²) >= 11 is 0. The molecule has 1 fully saturated rings. The first-order valence-electron chi connectivity index (χ1n) is 9.54. The molecule has 0 aliphatic carbocycles. The quantitative estimate of drug-likeness (QED) is 0.607. The van der Waals surface area contributed by atoms with Crippen molar-refractivity contribution in [2.45, 2.75) is 39.2 Å². The number of halogens is 2. The van der Waals surface area contributed by atoms with Crippen LogP contribution in [0.1, 0.15) is 32.3 Å². The Kier molecular flexibility index (Phi) is 11.5. The summed E-state index contributed by atoms with van der Waals surface area (Å²) in [6.07, 6.45) is 1.44. The number of aryl methyl sites for hydroxylation is 1. The lowest BCUT2D eigenvalue weighted by atomic mass is 9.94. The predicted molar refractivity (Wildman–Crippen MR) is 124 cm³/mol. The first-order valence-corrected chi connectivity index (χ1v) is 11.1. The molecule has 0 saturated carbocycles. The largest absolute Gasteiger partial charge is 0.369 e. The van der Waals surface area contributed by atoms with E-state index in [0.29, 0.717) is 26.2 Å². The fourth-order valence-corrected chi connectivity index (χ4v) is 4.47. The second kappa shape index (κ2) is 12.0. The second-order valence-electron chi connectivity index (χ2n) is 7.33. The van der Waals surface area contributed by atoms with Gasteiger partial charge >= 0.3 is 0 Å². The highest BCUT2D eigenvalue weighted by Gasteiger charge is 2.30. The summed E-state index contributed by atoms with van der Waals surface area (Å²) in [4.78, 5) is 14.3. The van der Waals surface area contributed by atoms with Gasteiger partial charge in [0.1, 0.15) is 5.75 Å². The molecule has 0 bridgehead atoms. The monoisotopic (exact) mass is 468 g/mol. The van der Waals surface area contributed by atoms with Gasteiger partial charge in [-0.2, -0.15) is 4.31 Å².